The molecule has 0 radical (unpaired) electrons. The van der Waals surface area contributed by atoms with Crippen molar-refractivity contribution in [3.05, 3.63) is 12.2 Å². The van der Waals surface area contributed by atoms with Gasteiger partial charge in [-0.05, 0) is 6.42 Å². The maximum atomic E-state index is 11.2. The number of hydrogen-bond acceptors (Lipinski definition) is 3. The molecule has 0 unspecified atom stereocenters. The fraction of sp³-hybridized carbons (Fsp3) is 0.667. The van der Waals surface area contributed by atoms with Crippen LogP contribution in [0.15, 0.2) is 12.2 Å². The molecule has 0 heterocycles. The van der Waals surface area contributed by atoms with Crippen molar-refractivity contribution < 1.29 is 14.6 Å². The number of aliphatic hydroxyl groups excluding tert-OH is 1. The monoisotopic (exact) mass is 187 g/mol. The molecule has 1 N–H and O–H groups in total. The number of carbonyl (C=O) groups is 1. The van der Waals surface area contributed by atoms with Crippen LogP contribution in [0.5, 0.6) is 0 Å². The lowest BCUT2D eigenvalue weighted by atomic mass is 10.3. The van der Waals surface area contributed by atoms with Crippen LogP contribution in [0.25, 0.3) is 0 Å². The Morgan fingerprint density at radius 3 is 2.62 bits per heavy atom. The first kappa shape index (κ1) is 12.1. The van der Waals surface area contributed by atoms with Crippen molar-refractivity contribution in [2.75, 3.05) is 33.9 Å². The molecule has 0 aromatic carbocycles. The highest BCUT2D eigenvalue weighted by Crippen LogP contribution is 1.96. The molecule has 0 fully saturated rings. The maximum absolute atomic E-state index is 11.2. The fourth-order valence-corrected chi connectivity index (χ4v) is 0.740. The van der Waals surface area contributed by atoms with Gasteiger partial charge in [-0.25, -0.2) is 0 Å². The van der Waals surface area contributed by atoms with Gasteiger partial charge in [-0.1, -0.05) is 6.58 Å². The lowest BCUT2D eigenvalue weighted by Crippen LogP contribution is -2.25. The highest BCUT2D eigenvalue weighted by Gasteiger charge is 2.08. The largest absolute Gasteiger partial charge is 0.396 e. The van der Waals surface area contributed by atoms with Crippen LogP contribution in [0.4, 0.5) is 0 Å². The normalized spacial score (nSPS) is 9.77. The summed E-state index contributed by atoms with van der Waals surface area (Å²) >= 11 is 0. The van der Waals surface area contributed by atoms with E-state index in [1.54, 1.807) is 14.1 Å². The number of likely N-dealkylation sites (N-methyl/N-ethyl adjacent to an activating group) is 1. The molecular weight excluding hydrogens is 170 g/mol. The Morgan fingerprint density at radius 2 is 2.15 bits per heavy atom. The number of nitrogens with zero attached hydrogens (tertiary/aromatic N) is 1. The van der Waals surface area contributed by atoms with E-state index in [0.717, 1.165) is 0 Å². The highest BCUT2D eigenvalue weighted by atomic mass is 16.5. The second-order valence-electron chi connectivity index (χ2n) is 2.93. The van der Waals surface area contributed by atoms with Gasteiger partial charge in [-0.3, -0.25) is 4.79 Å². The van der Waals surface area contributed by atoms with E-state index < -0.39 is 0 Å². The summed E-state index contributed by atoms with van der Waals surface area (Å²) in [5.41, 5.74) is 0.433. The SMILES string of the molecule is C=C(COCCCO)C(=O)N(C)C. The molecule has 1 amide bonds. The van der Waals surface area contributed by atoms with E-state index in [0.29, 0.717) is 18.6 Å². The molecule has 0 spiro atoms. The first-order chi connectivity index (χ1) is 6.09. The lowest BCUT2D eigenvalue weighted by Gasteiger charge is -2.12. The van der Waals surface area contributed by atoms with Gasteiger partial charge in [0.25, 0.3) is 5.91 Å². The maximum Gasteiger partial charge on any atom is 0.251 e. The summed E-state index contributed by atoms with van der Waals surface area (Å²) in [4.78, 5) is 12.7. The second kappa shape index (κ2) is 6.62. The zero-order valence-electron chi connectivity index (χ0n) is 8.25. The Morgan fingerprint density at radius 1 is 1.54 bits per heavy atom. The third-order valence-corrected chi connectivity index (χ3v) is 1.43. The molecule has 0 aliphatic rings. The summed E-state index contributed by atoms with van der Waals surface area (Å²) in [6.07, 6.45) is 0.587. The van der Waals surface area contributed by atoms with E-state index >= 15 is 0 Å². The van der Waals surface area contributed by atoms with Crippen LogP contribution in [0.3, 0.4) is 0 Å². The highest BCUT2D eigenvalue weighted by molar-refractivity contribution is 5.92. The smallest absolute Gasteiger partial charge is 0.251 e. The molecule has 0 aromatic heterocycles. The Bertz CT molecular complexity index is 178. The van der Waals surface area contributed by atoms with Crippen LogP contribution >= 0.6 is 0 Å². The van der Waals surface area contributed by atoms with Crippen LogP contribution in [-0.4, -0.2) is 49.8 Å². The molecule has 4 nitrogen and oxygen atoms in total. The zero-order chi connectivity index (χ0) is 10.3. The van der Waals surface area contributed by atoms with Crippen molar-refractivity contribution in [2.45, 2.75) is 6.42 Å². The first-order valence-electron chi connectivity index (χ1n) is 4.17. The predicted octanol–water partition coefficient (Wildman–Crippen LogP) is 0.0298. The summed E-state index contributed by atoms with van der Waals surface area (Å²) in [6.45, 7) is 4.39. The van der Waals surface area contributed by atoms with E-state index in [-0.39, 0.29) is 19.1 Å². The minimum Gasteiger partial charge on any atom is -0.396 e. The molecule has 0 saturated heterocycles. The first-order valence-corrected chi connectivity index (χ1v) is 4.17. The van der Waals surface area contributed by atoms with Gasteiger partial charge in [0.2, 0.25) is 0 Å². The van der Waals surface area contributed by atoms with Crippen LogP contribution < -0.4 is 0 Å². The Labute approximate surface area is 78.8 Å². The average Bonchev–Trinajstić information content (AvgIpc) is 2.10. The van der Waals surface area contributed by atoms with E-state index in [4.69, 9.17) is 9.84 Å². The van der Waals surface area contributed by atoms with Crippen molar-refractivity contribution in [3.8, 4) is 0 Å². The molecule has 0 saturated carbocycles. The average molecular weight is 187 g/mol. The molecule has 0 aliphatic carbocycles. The van der Waals surface area contributed by atoms with Gasteiger partial charge in [0.1, 0.15) is 0 Å². The standard InChI is InChI=1S/C9H17NO3/c1-8(9(12)10(2)3)7-13-6-4-5-11/h11H,1,4-7H2,2-3H3. The molecule has 76 valence electrons. The van der Waals surface area contributed by atoms with Gasteiger partial charge in [-0.2, -0.15) is 0 Å². The number of carbonyl (C=O) groups excluding carboxylic acids is 1. The number of amides is 1. The van der Waals surface area contributed by atoms with Crippen molar-refractivity contribution >= 4 is 5.91 Å². The summed E-state index contributed by atoms with van der Waals surface area (Å²) in [6, 6.07) is 0. The molecule has 13 heavy (non-hydrogen) atoms. The summed E-state index contributed by atoms with van der Waals surface area (Å²) in [5, 5.41) is 8.45. The summed E-state index contributed by atoms with van der Waals surface area (Å²) in [5.74, 6) is -0.121. The molecule has 0 aromatic rings. The van der Waals surface area contributed by atoms with Gasteiger partial charge in [0, 0.05) is 32.9 Å². The van der Waals surface area contributed by atoms with E-state index in [2.05, 4.69) is 6.58 Å². The van der Waals surface area contributed by atoms with E-state index in [9.17, 15) is 4.79 Å². The van der Waals surface area contributed by atoms with Gasteiger partial charge in [0.15, 0.2) is 0 Å². The van der Waals surface area contributed by atoms with Crippen LogP contribution in [0, 0.1) is 0 Å². The van der Waals surface area contributed by atoms with Gasteiger partial charge >= 0.3 is 0 Å². The van der Waals surface area contributed by atoms with Crippen molar-refractivity contribution in [2.24, 2.45) is 0 Å². The van der Waals surface area contributed by atoms with Gasteiger partial charge in [-0.15, -0.1) is 0 Å². The van der Waals surface area contributed by atoms with Gasteiger partial charge in [0.05, 0.1) is 6.61 Å². The third-order valence-electron chi connectivity index (χ3n) is 1.43. The third kappa shape index (κ3) is 5.38. The van der Waals surface area contributed by atoms with Crippen molar-refractivity contribution in [3.63, 3.8) is 0 Å². The Balaban J connectivity index is 3.57. The predicted molar refractivity (Wildman–Crippen MR) is 50.4 cm³/mol. The number of aliphatic hydroxyl groups is 1. The van der Waals surface area contributed by atoms with Crippen LogP contribution in [0.1, 0.15) is 6.42 Å². The number of rotatable bonds is 6. The van der Waals surface area contributed by atoms with Crippen molar-refractivity contribution in [1.82, 2.24) is 4.90 Å². The second-order valence-corrected chi connectivity index (χ2v) is 2.93. The van der Waals surface area contributed by atoms with Gasteiger partial charge < -0.3 is 14.7 Å². The number of hydrogen-bond donors (Lipinski definition) is 1. The number of ether oxygens (including phenoxy) is 1. The molecule has 4 heteroatoms. The minimum absolute atomic E-state index is 0.105. The molecule has 0 aliphatic heterocycles. The fourth-order valence-electron chi connectivity index (χ4n) is 0.740. The Hall–Kier alpha value is -0.870. The lowest BCUT2D eigenvalue weighted by molar-refractivity contribution is -0.125. The molecule has 0 atom stereocenters. The van der Waals surface area contributed by atoms with E-state index in [1.165, 1.54) is 4.90 Å². The molecular formula is C9H17NO3. The molecule has 0 bridgehead atoms. The quantitative estimate of drug-likeness (QED) is 0.471. The topological polar surface area (TPSA) is 49.8 Å². The Kier molecular flexibility index (Phi) is 6.18. The summed E-state index contributed by atoms with van der Waals surface area (Å²) in [7, 11) is 3.34. The van der Waals surface area contributed by atoms with Crippen LogP contribution in [0.2, 0.25) is 0 Å². The summed E-state index contributed by atoms with van der Waals surface area (Å²) < 4.78 is 5.10. The van der Waals surface area contributed by atoms with E-state index in [1.807, 2.05) is 0 Å². The minimum atomic E-state index is -0.121. The molecule has 0 rings (SSSR count). The van der Waals surface area contributed by atoms with Crippen LogP contribution in [-0.2, 0) is 9.53 Å². The zero-order valence-corrected chi connectivity index (χ0v) is 8.25. The van der Waals surface area contributed by atoms with Crippen molar-refractivity contribution in [1.29, 1.82) is 0 Å².